The average Bonchev–Trinajstić information content (AvgIpc) is 2.23. The molecule has 86 valence electrons. The molecule has 1 aromatic heterocycles. The first-order valence-corrected chi connectivity index (χ1v) is 5.32. The van der Waals surface area contributed by atoms with Crippen LogP contribution in [-0.2, 0) is 0 Å². The Balaban J connectivity index is 2.70. The van der Waals surface area contributed by atoms with Crippen molar-refractivity contribution in [2.45, 2.75) is 20.8 Å². The Bertz CT molecular complexity index is 380. The summed E-state index contributed by atoms with van der Waals surface area (Å²) in [7, 11) is 0. The number of hydrogen-bond donors (Lipinski definition) is 2. The topological polar surface area (TPSA) is 73.6 Å². The average molecular weight is 219 g/mol. The van der Waals surface area contributed by atoms with Gasteiger partial charge in [0.2, 0.25) is 0 Å². The second kappa shape index (κ2) is 5.91. The van der Waals surface area contributed by atoms with Gasteiger partial charge >= 0.3 is 0 Å². The minimum Gasteiger partial charge on any atom is -0.370 e. The van der Waals surface area contributed by atoms with Crippen LogP contribution in [-0.4, -0.2) is 23.1 Å². The molecule has 2 N–H and O–H groups in total. The van der Waals surface area contributed by atoms with Crippen molar-refractivity contribution in [3.05, 3.63) is 11.9 Å². The van der Waals surface area contributed by atoms with E-state index in [1.807, 2.05) is 19.1 Å². The molecule has 0 spiro atoms. The van der Waals surface area contributed by atoms with E-state index in [-0.39, 0.29) is 6.54 Å². The van der Waals surface area contributed by atoms with Gasteiger partial charge in [-0.25, -0.2) is 9.97 Å². The van der Waals surface area contributed by atoms with E-state index in [4.69, 9.17) is 5.26 Å². The molecule has 1 aromatic rings. The number of aromatic nitrogens is 2. The summed E-state index contributed by atoms with van der Waals surface area (Å²) in [5.41, 5.74) is 0. The molecule has 0 aliphatic heterocycles. The van der Waals surface area contributed by atoms with Gasteiger partial charge in [0.1, 0.15) is 24.0 Å². The van der Waals surface area contributed by atoms with Gasteiger partial charge in [-0.15, -0.1) is 0 Å². The number of rotatable bonds is 5. The van der Waals surface area contributed by atoms with E-state index < -0.39 is 0 Å². The zero-order valence-corrected chi connectivity index (χ0v) is 9.91. The molecule has 0 radical (unpaired) electrons. The Morgan fingerprint density at radius 1 is 1.31 bits per heavy atom. The van der Waals surface area contributed by atoms with E-state index in [9.17, 15) is 0 Å². The van der Waals surface area contributed by atoms with Gasteiger partial charge in [-0.2, -0.15) is 5.26 Å². The van der Waals surface area contributed by atoms with Crippen molar-refractivity contribution in [3.63, 3.8) is 0 Å². The first-order chi connectivity index (χ1) is 7.61. The molecule has 0 atom stereocenters. The summed E-state index contributed by atoms with van der Waals surface area (Å²) in [4.78, 5) is 8.45. The largest absolute Gasteiger partial charge is 0.370 e. The lowest BCUT2D eigenvalue weighted by atomic mass is 10.2. The SMILES string of the molecule is Cc1nc(NCC#N)cc(NCC(C)C)n1. The maximum Gasteiger partial charge on any atom is 0.132 e. The fraction of sp³-hybridized carbons (Fsp3) is 0.545. The zero-order chi connectivity index (χ0) is 12.0. The minimum absolute atomic E-state index is 0.250. The van der Waals surface area contributed by atoms with Crippen LogP contribution in [0, 0.1) is 24.2 Å². The summed E-state index contributed by atoms with van der Waals surface area (Å²) in [6.45, 7) is 7.22. The van der Waals surface area contributed by atoms with Crippen molar-refractivity contribution in [2.24, 2.45) is 5.92 Å². The number of nitrogens with zero attached hydrogens (tertiary/aromatic N) is 3. The highest BCUT2D eigenvalue weighted by Crippen LogP contribution is 2.11. The van der Waals surface area contributed by atoms with Crippen LogP contribution < -0.4 is 10.6 Å². The van der Waals surface area contributed by atoms with E-state index in [1.54, 1.807) is 0 Å². The molecular weight excluding hydrogens is 202 g/mol. The zero-order valence-electron chi connectivity index (χ0n) is 9.91. The van der Waals surface area contributed by atoms with E-state index in [0.717, 1.165) is 12.4 Å². The van der Waals surface area contributed by atoms with Crippen LogP contribution in [0.1, 0.15) is 19.7 Å². The number of aryl methyl sites for hydroxylation is 1. The van der Waals surface area contributed by atoms with Crippen LogP contribution in [0.25, 0.3) is 0 Å². The van der Waals surface area contributed by atoms with E-state index in [0.29, 0.717) is 17.6 Å². The first-order valence-electron chi connectivity index (χ1n) is 5.32. The van der Waals surface area contributed by atoms with Crippen LogP contribution in [0.2, 0.25) is 0 Å². The number of nitriles is 1. The minimum atomic E-state index is 0.250. The summed E-state index contributed by atoms with van der Waals surface area (Å²) in [6, 6.07) is 3.83. The van der Waals surface area contributed by atoms with Gasteiger partial charge in [-0.1, -0.05) is 13.8 Å². The quantitative estimate of drug-likeness (QED) is 0.738. The Hall–Kier alpha value is -1.83. The third-order valence-corrected chi connectivity index (χ3v) is 1.88. The molecule has 0 fully saturated rings. The van der Waals surface area contributed by atoms with Crippen molar-refractivity contribution in [2.75, 3.05) is 23.7 Å². The number of nitrogens with one attached hydrogen (secondary N) is 2. The molecular formula is C11H17N5. The predicted octanol–water partition coefficient (Wildman–Crippen LogP) is 1.79. The third-order valence-electron chi connectivity index (χ3n) is 1.88. The third kappa shape index (κ3) is 4.13. The highest BCUT2D eigenvalue weighted by atomic mass is 15.1. The Labute approximate surface area is 95.9 Å². The summed E-state index contributed by atoms with van der Waals surface area (Å²) in [5, 5.41) is 14.6. The van der Waals surface area contributed by atoms with E-state index >= 15 is 0 Å². The molecule has 5 nitrogen and oxygen atoms in total. The number of anilines is 2. The lowest BCUT2D eigenvalue weighted by Crippen LogP contribution is -2.11. The van der Waals surface area contributed by atoms with E-state index in [2.05, 4.69) is 34.4 Å². The second-order valence-electron chi connectivity index (χ2n) is 3.97. The Morgan fingerprint density at radius 3 is 2.50 bits per heavy atom. The first kappa shape index (κ1) is 12.2. The molecule has 0 aromatic carbocycles. The predicted molar refractivity (Wildman–Crippen MR) is 64.2 cm³/mol. The van der Waals surface area contributed by atoms with Crippen molar-refractivity contribution in [1.82, 2.24) is 9.97 Å². The van der Waals surface area contributed by atoms with Crippen molar-refractivity contribution in [3.8, 4) is 6.07 Å². The molecule has 0 saturated heterocycles. The van der Waals surface area contributed by atoms with Gasteiger partial charge in [0, 0.05) is 12.6 Å². The van der Waals surface area contributed by atoms with Gasteiger partial charge in [-0.05, 0) is 12.8 Å². The Kier molecular flexibility index (Phi) is 4.52. The number of hydrogen-bond acceptors (Lipinski definition) is 5. The summed E-state index contributed by atoms with van der Waals surface area (Å²) >= 11 is 0. The molecule has 1 rings (SSSR count). The molecule has 0 bridgehead atoms. The van der Waals surface area contributed by atoms with Crippen molar-refractivity contribution in [1.29, 1.82) is 5.26 Å². The van der Waals surface area contributed by atoms with Gasteiger partial charge in [0.15, 0.2) is 0 Å². The van der Waals surface area contributed by atoms with Crippen LogP contribution in [0.4, 0.5) is 11.6 Å². The lowest BCUT2D eigenvalue weighted by molar-refractivity contribution is 0.686. The highest BCUT2D eigenvalue weighted by Gasteiger charge is 2.01. The summed E-state index contributed by atoms with van der Waals surface area (Å²) in [5.74, 6) is 2.72. The fourth-order valence-electron chi connectivity index (χ4n) is 1.19. The van der Waals surface area contributed by atoms with E-state index in [1.165, 1.54) is 0 Å². The fourth-order valence-corrected chi connectivity index (χ4v) is 1.19. The molecule has 16 heavy (non-hydrogen) atoms. The normalized spacial score (nSPS) is 9.94. The van der Waals surface area contributed by atoms with Gasteiger partial charge < -0.3 is 10.6 Å². The maximum absolute atomic E-state index is 8.47. The molecule has 0 aliphatic rings. The molecule has 0 unspecified atom stereocenters. The van der Waals surface area contributed by atoms with Crippen LogP contribution >= 0.6 is 0 Å². The summed E-state index contributed by atoms with van der Waals surface area (Å²) < 4.78 is 0. The van der Waals surface area contributed by atoms with Gasteiger partial charge in [0.05, 0.1) is 6.07 Å². The monoisotopic (exact) mass is 219 g/mol. The lowest BCUT2D eigenvalue weighted by Gasteiger charge is -2.10. The molecule has 0 saturated carbocycles. The molecule has 0 aliphatic carbocycles. The van der Waals surface area contributed by atoms with Crippen LogP contribution in [0.15, 0.2) is 6.07 Å². The summed E-state index contributed by atoms with van der Waals surface area (Å²) in [6.07, 6.45) is 0. The van der Waals surface area contributed by atoms with Crippen LogP contribution in [0.3, 0.4) is 0 Å². The molecule has 0 amide bonds. The van der Waals surface area contributed by atoms with Crippen LogP contribution in [0.5, 0.6) is 0 Å². The van der Waals surface area contributed by atoms with Gasteiger partial charge in [-0.3, -0.25) is 0 Å². The maximum atomic E-state index is 8.47. The van der Waals surface area contributed by atoms with Crippen molar-refractivity contribution < 1.29 is 0 Å². The van der Waals surface area contributed by atoms with Gasteiger partial charge in [0.25, 0.3) is 0 Å². The molecule has 5 heteroatoms. The Morgan fingerprint density at radius 2 is 1.94 bits per heavy atom. The van der Waals surface area contributed by atoms with Crippen molar-refractivity contribution >= 4 is 11.6 Å². The standard InChI is InChI=1S/C11H17N5/c1-8(2)7-14-11-6-10(13-5-4-12)15-9(3)16-11/h6,8H,5,7H2,1-3H3,(H2,13,14,15,16). The molecule has 1 heterocycles. The second-order valence-corrected chi connectivity index (χ2v) is 3.97. The smallest absolute Gasteiger partial charge is 0.132 e. The highest BCUT2D eigenvalue weighted by molar-refractivity contribution is 5.47.